The Kier molecular flexibility index (Phi) is 3.98. The van der Waals surface area contributed by atoms with Crippen molar-refractivity contribution in [2.24, 2.45) is 5.92 Å². The van der Waals surface area contributed by atoms with E-state index in [0.29, 0.717) is 0 Å². The van der Waals surface area contributed by atoms with Gasteiger partial charge in [0.2, 0.25) is 0 Å². The van der Waals surface area contributed by atoms with Gasteiger partial charge >= 0.3 is 0 Å². The molecule has 0 spiro atoms. The standard InChI is InChI=1S/C13H16BrN/c14-13-5-3-11(4-6-13)1-2-12-7-9-15-10-8-12/h1-6,12,15H,7-10H2. The first kappa shape index (κ1) is 10.9. The SMILES string of the molecule is Brc1ccc(C=CC2CCNCC2)cc1. The molecule has 1 aliphatic heterocycles. The van der Waals surface area contributed by atoms with E-state index >= 15 is 0 Å². The van der Waals surface area contributed by atoms with Crippen molar-refractivity contribution < 1.29 is 0 Å². The average Bonchev–Trinajstić information content (AvgIpc) is 2.30. The molecule has 1 aromatic carbocycles. The minimum absolute atomic E-state index is 0.759. The highest BCUT2D eigenvalue weighted by molar-refractivity contribution is 9.10. The molecule has 1 aliphatic rings. The van der Waals surface area contributed by atoms with Crippen LogP contribution in [0, 0.1) is 5.92 Å². The van der Waals surface area contributed by atoms with Crippen LogP contribution in [0.15, 0.2) is 34.8 Å². The van der Waals surface area contributed by atoms with Gasteiger partial charge in [0.15, 0.2) is 0 Å². The number of nitrogens with one attached hydrogen (secondary N) is 1. The molecule has 0 aromatic heterocycles. The van der Waals surface area contributed by atoms with Crippen molar-refractivity contribution >= 4 is 22.0 Å². The van der Waals surface area contributed by atoms with Crippen molar-refractivity contribution in [3.8, 4) is 0 Å². The summed E-state index contributed by atoms with van der Waals surface area (Å²) in [6.07, 6.45) is 7.13. The highest BCUT2D eigenvalue weighted by atomic mass is 79.9. The Hall–Kier alpha value is -0.600. The molecule has 1 aromatic rings. The Bertz CT molecular complexity index is 323. The van der Waals surface area contributed by atoms with E-state index in [1.165, 1.54) is 18.4 Å². The first-order chi connectivity index (χ1) is 7.34. The van der Waals surface area contributed by atoms with Gasteiger partial charge in [-0.3, -0.25) is 0 Å². The minimum Gasteiger partial charge on any atom is -0.317 e. The summed E-state index contributed by atoms with van der Waals surface area (Å²) in [7, 11) is 0. The molecule has 0 unspecified atom stereocenters. The van der Waals surface area contributed by atoms with Crippen LogP contribution in [0.2, 0.25) is 0 Å². The number of allylic oxidation sites excluding steroid dienone is 1. The van der Waals surface area contributed by atoms with Crippen molar-refractivity contribution in [3.63, 3.8) is 0 Å². The molecule has 0 bridgehead atoms. The first-order valence-electron chi connectivity index (χ1n) is 5.49. The van der Waals surface area contributed by atoms with Crippen LogP contribution in [0.5, 0.6) is 0 Å². The summed E-state index contributed by atoms with van der Waals surface area (Å²) in [5, 5.41) is 3.38. The van der Waals surface area contributed by atoms with Gasteiger partial charge in [0.25, 0.3) is 0 Å². The van der Waals surface area contributed by atoms with Crippen LogP contribution in [0.3, 0.4) is 0 Å². The van der Waals surface area contributed by atoms with Crippen molar-refractivity contribution in [1.29, 1.82) is 0 Å². The maximum atomic E-state index is 3.44. The zero-order chi connectivity index (χ0) is 10.5. The fraction of sp³-hybridized carbons (Fsp3) is 0.385. The maximum Gasteiger partial charge on any atom is 0.0175 e. The van der Waals surface area contributed by atoms with Crippen LogP contribution in [-0.2, 0) is 0 Å². The smallest absolute Gasteiger partial charge is 0.0175 e. The van der Waals surface area contributed by atoms with Crippen molar-refractivity contribution in [2.45, 2.75) is 12.8 Å². The Morgan fingerprint density at radius 1 is 1.13 bits per heavy atom. The minimum atomic E-state index is 0.759. The molecule has 0 amide bonds. The molecular weight excluding hydrogens is 250 g/mol. The van der Waals surface area contributed by atoms with Gasteiger partial charge in [-0.2, -0.15) is 0 Å². The molecule has 0 saturated carbocycles. The second-order valence-electron chi connectivity index (χ2n) is 4.00. The third kappa shape index (κ3) is 3.47. The summed E-state index contributed by atoms with van der Waals surface area (Å²) < 4.78 is 1.14. The van der Waals surface area contributed by atoms with E-state index in [2.05, 4.69) is 57.7 Å². The number of benzene rings is 1. The maximum absolute atomic E-state index is 3.44. The van der Waals surface area contributed by atoms with Crippen LogP contribution < -0.4 is 5.32 Å². The number of halogens is 1. The van der Waals surface area contributed by atoms with Crippen molar-refractivity contribution in [1.82, 2.24) is 5.32 Å². The topological polar surface area (TPSA) is 12.0 Å². The van der Waals surface area contributed by atoms with Gasteiger partial charge < -0.3 is 5.32 Å². The molecule has 1 saturated heterocycles. The Morgan fingerprint density at radius 2 is 1.80 bits per heavy atom. The summed E-state index contributed by atoms with van der Waals surface area (Å²) in [5.41, 5.74) is 1.29. The van der Waals surface area contributed by atoms with Crippen LogP contribution in [-0.4, -0.2) is 13.1 Å². The quantitative estimate of drug-likeness (QED) is 0.864. The molecule has 1 heterocycles. The number of hydrogen-bond donors (Lipinski definition) is 1. The van der Waals surface area contributed by atoms with Crippen molar-refractivity contribution in [2.75, 3.05) is 13.1 Å². The van der Waals surface area contributed by atoms with E-state index in [1.807, 2.05) is 0 Å². The van der Waals surface area contributed by atoms with Gasteiger partial charge in [-0.1, -0.05) is 40.2 Å². The van der Waals surface area contributed by atoms with Gasteiger partial charge in [0.1, 0.15) is 0 Å². The van der Waals surface area contributed by atoms with E-state index in [0.717, 1.165) is 23.5 Å². The third-order valence-electron chi connectivity index (χ3n) is 2.81. The van der Waals surface area contributed by atoms with Crippen LogP contribution in [0.25, 0.3) is 6.08 Å². The lowest BCUT2D eigenvalue weighted by atomic mass is 9.97. The summed E-state index contributed by atoms with van der Waals surface area (Å²) in [4.78, 5) is 0. The Labute approximate surface area is 99.7 Å². The highest BCUT2D eigenvalue weighted by Crippen LogP contribution is 2.16. The van der Waals surface area contributed by atoms with Gasteiger partial charge in [0.05, 0.1) is 0 Å². The zero-order valence-corrected chi connectivity index (χ0v) is 10.3. The molecule has 2 rings (SSSR count). The molecular formula is C13H16BrN. The molecule has 15 heavy (non-hydrogen) atoms. The van der Waals surface area contributed by atoms with E-state index < -0.39 is 0 Å². The lowest BCUT2D eigenvalue weighted by molar-refractivity contribution is 0.438. The van der Waals surface area contributed by atoms with Crippen molar-refractivity contribution in [3.05, 3.63) is 40.4 Å². The second kappa shape index (κ2) is 5.47. The molecule has 0 aliphatic carbocycles. The molecule has 80 valence electrons. The van der Waals surface area contributed by atoms with Crippen LogP contribution >= 0.6 is 15.9 Å². The van der Waals surface area contributed by atoms with Gasteiger partial charge in [-0.05, 0) is 49.5 Å². The summed E-state index contributed by atoms with van der Waals surface area (Å²) in [6.45, 7) is 2.32. The highest BCUT2D eigenvalue weighted by Gasteiger charge is 2.08. The van der Waals surface area contributed by atoms with E-state index in [9.17, 15) is 0 Å². The monoisotopic (exact) mass is 265 g/mol. The number of hydrogen-bond acceptors (Lipinski definition) is 1. The van der Waals surface area contributed by atoms with E-state index in [1.54, 1.807) is 0 Å². The molecule has 2 heteroatoms. The number of rotatable bonds is 2. The predicted octanol–water partition coefficient (Wildman–Crippen LogP) is 3.46. The first-order valence-corrected chi connectivity index (χ1v) is 6.28. The van der Waals surface area contributed by atoms with Gasteiger partial charge in [0, 0.05) is 4.47 Å². The fourth-order valence-corrected chi connectivity index (χ4v) is 2.12. The zero-order valence-electron chi connectivity index (χ0n) is 8.75. The fourth-order valence-electron chi connectivity index (χ4n) is 1.86. The van der Waals surface area contributed by atoms with Gasteiger partial charge in [-0.25, -0.2) is 0 Å². The van der Waals surface area contributed by atoms with E-state index in [4.69, 9.17) is 0 Å². The molecule has 1 N–H and O–H groups in total. The average molecular weight is 266 g/mol. The normalized spacial score (nSPS) is 18.5. The summed E-state index contributed by atoms with van der Waals surface area (Å²) in [6, 6.07) is 8.45. The largest absolute Gasteiger partial charge is 0.317 e. The lowest BCUT2D eigenvalue weighted by Gasteiger charge is -2.19. The molecule has 0 atom stereocenters. The summed E-state index contributed by atoms with van der Waals surface area (Å²) >= 11 is 3.44. The molecule has 1 fully saturated rings. The van der Waals surface area contributed by atoms with Crippen LogP contribution in [0.1, 0.15) is 18.4 Å². The molecule has 1 nitrogen and oxygen atoms in total. The lowest BCUT2D eigenvalue weighted by Crippen LogP contribution is -2.26. The van der Waals surface area contributed by atoms with Crippen LogP contribution in [0.4, 0.5) is 0 Å². The van der Waals surface area contributed by atoms with E-state index in [-0.39, 0.29) is 0 Å². The van der Waals surface area contributed by atoms with Gasteiger partial charge in [-0.15, -0.1) is 0 Å². The number of piperidine rings is 1. The Balaban J connectivity index is 1.95. The summed E-state index contributed by atoms with van der Waals surface area (Å²) in [5.74, 6) is 0.759. The Morgan fingerprint density at radius 3 is 2.47 bits per heavy atom. The molecule has 0 radical (unpaired) electrons. The third-order valence-corrected chi connectivity index (χ3v) is 3.34. The predicted molar refractivity (Wildman–Crippen MR) is 68.8 cm³/mol. The second-order valence-corrected chi connectivity index (χ2v) is 4.91.